The van der Waals surface area contributed by atoms with Crippen LogP contribution in [-0.2, 0) is 0 Å². The number of H-pyrrole nitrogens is 1. The van der Waals surface area contributed by atoms with Crippen LogP contribution in [0, 0.1) is 13.8 Å². The second kappa shape index (κ2) is 5.06. The van der Waals surface area contributed by atoms with E-state index in [0.717, 1.165) is 21.9 Å². The van der Waals surface area contributed by atoms with E-state index in [1.54, 1.807) is 0 Å². The van der Waals surface area contributed by atoms with Gasteiger partial charge in [0.25, 0.3) is 0 Å². The van der Waals surface area contributed by atoms with Gasteiger partial charge in [-0.15, -0.1) is 0 Å². The van der Waals surface area contributed by atoms with Crippen LogP contribution in [0.4, 0.5) is 0 Å². The number of aryl methyl sites for hydroxylation is 2. The monoisotopic (exact) mass is 265 g/mol. The molecule has 1 heterocycles. The van der Waals surface area contributed by atoms with E-state index in [2.05, 4.69) is 18.0 Å². The summed E-state index contributed by atoms with van der Waals surface area (Å²) in [5.41, 5.74) is 3.98. The molecule has 20 heavy (non-hydrogen) atoms. The van der Waals surface area contributed by atoms with Gasteiger partial charge in [-0.25, -0.2) is 0 Å². The summed E-state index contributed by atoms with van der Waals surface area (Å²) in [5.74, 6) is 0.616. The summed E-state index contributed by atoms with van der Waals surface area (Å²) in [7, 11) is -0.969. The number of nitrogens with one attached hydrogen (secondary N) is 1. The number of benzene rings is 2. The molecular weight excluding hydrogens is 249 g/mol. The van der Waals surface area contributed by atoms with E-state index < -0.39 is 7.12 Å². The molecule has 1 aromatic heterocycles. The molecule has 3 rings (SSSR count). The van der Waals surface area contributed by atoms with Gasteiger partial charge in [-0.2, -0.15) is 0 Å². The second-order valence-electron chi connectivity index (χ2n) is 4.96. The van der Waals surface area contributed by atoms with Crippen molar-refractivity contribution in [2.24, 2.45) is 0 Å². The fourth-order valence-corrected chi connectivity index (χ4v) is 2.51. The highest BCUT2D eigenvalue weighted by atomic mass is 16.5. The molecule has 0 fully saturated rings. The van der Waals surface area contributed by atoms with E-state index in [1.807, 2.05) is 49.4 Å². The molecule has 0 saturated carbocycles. The third-order valence-electron chi connectivity index (χ3n) is 3.55. The Bertz CT molecular complexity index is 737. The van der Waals surface area contributed by atoms with Crippen LogP contribution in [-0.4, -0.2) is 17.1 Å². The minimum atomic E-state index is -0.969. The molecule has 0 bridgehead atoms. The molecule has 100 valence electrons. The Morgan fingerprint density at radius 3 is 2.45 bits per heavy atom. The minimum absolute atomic E-state index is 0.616. The minimum Gasteiger partial charge on any atom is -0.519 e. The van der Waals surface area contributed by atoms with Gasteiger partial charge in [0.2, 0.25) is 0 Å². The number of aromatic amines is 1. The standard InChI is InChI=1S/C16H16BNO2/c1-11-7-6-10-14-15(11)12(2)16(18-14)20-17(19)13-8-4-3-5-9-13/h3-10,18-19H,1-2H3. The molecule has 3 nitrogen and oxygen atoms in total. The number of hydrogen-bond acceptors (Lipinski definition) is 2. The lowest BCUT2D eigenvalue weighted by atomic mass is 9.80. The SMILES string of the molecule is Cc1cccc2[nH]c(OB(O)c3ccccc3)c(C)c12. The zero-order valence-corrected chi connectivity index (χ0v) is 11.6. The molecule has 0 saturated heterocycles. The zero-order chi connectivity index (χ0) is 14.1. The smallest absolute Gasteiger partial charge is 0.519 e. The molecule has 4 heteroatoms. The van der Waals surface area contributed by atoms with Gasteiger partial charge in [-0.1, -0.05) is 42.5 Å². The molecule has 0 aliphatic carbocycles. The summed E-state index contributed by atoms with van der Waals surface area (Å²) < 4.78 is 5.67. The Kier molecular flexibility index (Phi) is 3.24. The van der Waals surface area contributed by atoms with Gasteiger partial charge in [0.05, 0.1) is 0 Å². The molecule has 0 radical (unpaired) electrons. The number of aromatic nitrogens is 1. The molecule has 3 aromatic rings. The fourth-order valence-electron chi connectivity index (χ4n) is 2.51. The van der Waals surface area contributed by atoms with E-state index >= 15 is 0 Å². The van der Waals surface area contributed by atoms with Gasteiger partial charge >= 0.3 is 7.12 Å². The quantitative estimate of drug-likeness (QED) is 0.715. The predicted octanol–water partition coefficient (Wildman–Crippen LogP) is 2.55. The molecule has 2 N–H and O–H groups in total. The van der Waals surface area contributed by atoms with Crippen LogP contribution in [0.25, 0.3) is 10.9 Å². The van der Waals surface area contributed by atoms with Gasteiger partial charge < -0.3 is 14.7 Å². The van der Waals surface area contributed by atoms with Crippen LogP contribution >= 0.6 is 0 Å². The Balaban J connectivity index is 1.96. The maximum Gasteiger partial charge on any atom is 0.561 e. The van der Waals surface area contributed by atoms with Crippen molar-refractivity contribution in [1.82, 2.24) is 4.98 Å². The molecule has 0 amide bonds. The average molecular weight is 265 g/mol. The molecule has 0 aliphatic rings. The Hall–Kier alpha value is -2.20. The van der Waals surface area contributed by atoms with Crippen molar-refractivity contribution in [3.05, 3.63) is 59.7 Å². The maximum atomic E-state index is 10.2. The molecule has 0 aliphatic heterocycles. The summed E-state index contributed by atoms with van der Waals surface area (Å²) in [5, 5.41) is 11.3. The normalized spacial score (nSPS) is 10.8. The highest BCUT2D eigenvalue weighted by Crippen LogP contribution is 2.29. The number of rotatable bonds is 3. The zero-order valence-electron chi connectivity index (χ0n) is 11.6. The second-order valence-corrected chi connectivity index (χ2v) is 4.96. The van der Waals surface area contributed by atoms with Gasteiger partial charge in [0.1, 0.15) is 0 Å². The van der Waals surface area contributed by atoms with Crippen molar-refractivity contribution in [2.75, 3.05) is 0 Å². The van der Waals surface area contributed by atoms with Crippen LogP contribution in [0.5, 0.6) is 5.88 Å². The van der Waals surface area contributed by atoms with Gasteiger partial charge in [-0.05, 0) is 30.9 Å². The maximum absolute atomic E-state index is 10.2. The first-order valence-corrected chi connectivity index (χ1v) is 6.64. The summed E-state index contributed by atoms with van der Waals surface area (Å²) in [6, 6.07) is 15.4. The Labute approximate surface area is 118 Å². The van der Waals surface area contributed by atoms with E-state index in [0.29, 0.717) is 5.88 Å². The van der Waals surface area contributed by atoms with Crippen LogP contribution in [0.2, 0.25) is 0 Å². The summed E-state index contributed by atoms with van der Waals surface area (Å²) in [6.07, 6.45) is 0. The van der Waals surface area contributed by atoms with E-state index in [4.69, 9.17) is 4.65 Å². The lowest BCUT2D eigenvalue weighted by Crippen LogP contribution is -2.36. The first kappa shape index (κ1) is 12.8. The van der Waals surface area contributed by atoms with E-state index in [-0.39, 0.29) is 0 Å². The van der Waals surface area contributed by atoms with Crippen molar-refractivity contribution >= 4 is 23.5 Å². The first-order valence-electron chi connectivity index (χ1n) is 6.64. The van der Waals surface area contributed by atoms with Crippen LogP contribution in [0.15, 0.2) is 48.5 Å². The predicted molar refractivity (Wildman–Crippen MR) is 82.4 cm³/mol. The van der Waals surface area contributed by atoms with Crippen molar-refractivity contribution in [3.8, 4) is 5.88 Å². The van der Waals surface area contributed by atoms with E-state index in [1.165, 1.54) is 5.56 Å². The number of fused-ring (bicyclic) bond motifs is 1. The van der Waals surface area contributed by atoms with Crippen LogP contribution in [0.1, 0.15) is 11.1 Å². The highest BCUT2D eigenvalue weighted by molar-refractivity contribution is 6.60. The lowest BCUT2D eigenvalue weighted by molar-refractivity contribution is 0.423. The summed E-state index contributed by atoms with van der Waals surface area (Å²) in [6.45, 7) is 4.07. The highest BCUT2D eigenvalue weighted by Gasteiger charge is 2.21. The number of hydrogen-bond donors (Lipinski definition) is 2. The largest absolute Gasteiger partial charge is 0.561 e. The third-order valence-corrected chi connectivity index (χ3v) is 3.55. The van der Waals surface area contributed by atoms with Gasteiger partial charge in [0, 0.05) is 16.5 Å². The van der Waals surface area contributed by atoms with Crippen molar-refractivity contribution in [2.45, 2.75) is 13.8 Å². The molecule has 0 atom stereocenters. The van der Waals surface area contributed by atoms with Crippen molar-refractivity contribution in [1.29, 1.82) is 0 Å². The van der Waals surface area contributed by atoms with Crippen molar-refractivity contribution in [3.63, 3.8) is 0 Å². The van der Waals surface area contributed by atoms with E-state index in [9.17, 15) is 5.02 Å². The first-order chi connectivity index (χ1) is 9.66. The van der Waals surface area contributed by atoms with Crippen LogP contribution < -0.4 is 10.1 Å². The Morgan fingerprint density at radius 1 is 1.00 bits per heavy atom. The topological polar surface area (TPSA) is 45.2 Å². The van der Waals surface area contributed by atoms with Gasteiger partial charge in [0.15, 0.2) is 5.88 Å². The van der Waals surface area contributed by atoms with Crippen LogP contribution in [0.3, 0.4) is 0 Å². The average Bonchev–Trinajstić information content (AvgIpc) is 2.78. The van der Waals surface area contributed by atoms with Crippen molar-refractivity contribution < 1.29 is 9.68 Å². The van der Waals surface area contributed by atoms with Gasteiger partial charge in [-0.3, -0.25) is 0 Å². The molecular formula is C16H16BNO2. The summed E-state index contributed by atoms with van der Waals surface area (Å²) >= 11 is 0. The fraction of sp³-hybridized carbons (Fsp3) is 0.125. The summed E-state index contributed by atoms with van der Waals surface area (Å²) in [4.78, 5) is 3.22. The Morgan fingerprint density at radius 2 is 1.75 bits per heavy atom. The third kappa shape index (κ3) is 2.19. The molecule has 0 unspecified atom stereocenters. The molecule has 0 spiro atoms. The molecule has 2 aromatic carbocycles. The lowest BCUT2D eigenvalue weighted by Gasteiger charge is -2.09.